The zero-order chi connectivity index (χ0) is 90.1. The summed E-state index contributed by atoms with van der Waals surface area (Å²) in [6.45, 7) is 6.59. The lowest BCUT2D eigenvalue weighted by atomic mass is 9.83. The van der Waals surface area contributed by atoms with Crippen LogP contribution >= 0.6 is 0 Å². The van der Waals surface area contributed by atoms with Gasteiger partial charge in [-0.3, -0.25) is 28.8 Å². The van der Waals surface area contributed by atoms with E-state index in [0.717, 1.165) is 46.2 Å². The predicted octanol–water partition coefficient (Wildman–Crippen LogP) is 24.6. The number of carbonyl (C=O) groups excluding carboxylic acids is 3. The Balaban J connectivity index is 0.679. The van der Waals surface area contributed by atoms with Crippen LogP contribution in [0.25, 0.3) is 65.7 Å². The van der Waals surface area contributed by atoms with Crippen LogP contribution in [0.15, 0.2) is 292 Å². The third kappa shape index (κ3) is 19.1. The summed E-state index contributed by atoms with van der Waals surface area (Å²) in [6, 6.07) is 76.5. The van der Waals surface area contributed by atoms with Gasteiger partial charge in [0.25, 0.3) is 17.7 Å². The number of carbonyl (C=O) groups is 6. The van der Waals surface area contributed by atoms with Crippen molar-refractivity contribution in [2.24, 2.45) is 0 Å². The van der Waals surface area contributed by atoms with E-state index in [1.807, 2.05) is 48.5 Å². The Morgan fingerprint density at radius 1 is 0.331 bits per heavy atom. The Hall–Kier alpha value is -14.6. The first kappa shape index (κ1) is 87.4. The van der Waals surface area contributed by atoms with Crippen molar-refractivity contribution in [1.82, 2.24) is 14.7 Å². The molecule has 3 amide bonds. The number of alkyl halides is 9. The van der Waals surface area contributed by atoms with Crippen LogP contribution in [-0.2, 0) is 90.4 Å². The van der Waals surface area contributed by atoms with E-state index in [9.17, 15) is 47.7 Å². The van der Waals surface area contributed by atoms with E-state index in [1.165, 1.54) is 39.0 Å². The molecule has 0 aliphatic carbocycles. The molecule has 0 saturated carbocycles. The van der Waals surface area contributed by atoms with Gasteiger partial charge >= 0.3 is 36.4 Å². The first-order valence-electron chi connectivity index (χ1n) is 40.6. The number of furan rings is 3. The average molecular weight is 1720 g/mol. The van der Waals surface area contributed by atoms with Gasteiger partial charge in [0.2, 0.25) is 17.3 Å². The maximum Gasteiger partial charge on any atom is 0.449 e. The van der Waals surface area contributed by atoms with E-state index in [-0.39, 0.29) is 60.2 Å². The van der Waals surface area contributed by atoms with Crippen LogP contribution in [0.3, 0.4) is 0 Å². The molecule has 15 aromatic rings. The van der Waals surface area contributed by atoms with E-state index in [2.05, 4.69) is 0 Å². The third-order valence-corrected chi connectivity index (χ3v) is 23.3. The quantitative estimate of drug-likeness (QED) is 0.0391. The molecule has 3 N–H and O–H groups in total. The molecule has 0 saturated heterocycles. The number of nitrogens with zero attached hydrogens (tertiary/aromatic N) is 3. The number of rotatable bonds is 28. The van der Waals surface area contributed by atoms with Gasteiger partial charge in [0.15, 0.2) is 0 Å². The molecule has 0 bridgehead atoms. The second-order valence-electron chi connectivity index (χ2n) is 32.4. The van der Waals surface area contributed by atoms with Crippen LogP contribution in [-0.4, -0.2) is 65.6 Å². The van der Waals surface area contributed by atoms with Gasteiger partial charge in [-0.25, -0.2) is 0 Å². The van der Waals surface area contributed by atoms with Crippen LogP contribution in [0, 0.1) is 20.8 Å². The summed E-state index contributed by atoms with van der Waals surface area (Å²) in [4.78, 5) is 88.2. The third-order valence-electron chi connectivity index (χ3n) is 23.3. The highest BCUT2D eigenvalue weighted by Gasteiger charge is 2.43. The number of carboxylic acid groups (broad SMARTS) is 3. The number of aliphatic carboxylic acids is 3. The number of carboxylic acids is 3. The van der Waals surface area contributed by atoms with Gasteiger partial charge in [-0.05, 0) is 187 Å². The smallest absolute Gasteiger partial charge is 0.449 e. The molecule has 12 aromatic carbocycles. The summed E-state index contributed by atoms with van der Waals surface area (Å²) in [6.07, 6.45) is -16.5. The fourth-order valence-corrected chi connectivity index (χ4v) is 16.4. The molecule has 24 heteroatoms. The summed E-state index contributed by atoms with van der Waals surface area (Å²) in [5.74, 6) is -13.6. The van der Waals surface area contributed by atoms with Crippen molar-refractivity contribution in [1.29, 1.82) is 0 Å². The minimum Gasteiger partial charge on any atom is -0.481 e. The molecule has 0 aliphatic heterocycles. The largest absolute Gasteiger partial charge is 0.481 e. The topological polar surface area (TPSA) is 212 Å². The van der Waals surface area contributed by atoms with Gasteiger partial charge in [0.1, 0.15) is 17.3 Å². The molecule has 3 heterocycles. The van der Waals surface area contributed by atoms with E-state index < -0.39 is 126 Å². The fraction of sp³-hybridized carbons (Fsp3) is 0.184. The summed E-state index contributed by atoms with van der Waals surface area (Å²) >= 11 is 0. The number of halogens is 9. The summed E-state index contributed by atoms with van der Waals surface area (Å²) in [5, 5.41) is 35.8. The van der Waals surface area contributed by atoms with Crippen LogP contribution in [0.5, 0.6) is 0 Å². The number of aryl methyl sites for hydroxylation is 3. The van der Waals surface area contributed by atoms with Gasteiger partial charge in [-0.15, -0.1) is 0 Å². The zero-order valence-corrected chi connectivity index (χ0v) is 69.1. The van der Waals surface area contributed by atoms with Gasteiger partial charge < -0.3 is 43.3 Å². The normalized spacial score (nSPS) is 12.5. The van der Waals surface area contributed by atoms with E-state index >= 15 is 35.9 Å². The van der Waals surface area contributed by atoms with E-state index in [1.54, 1.807) is 217 Å². The molecule has 0 fully saturated rings. The Bertz CT molecular complexity index is 6720. The van der Waals surface area contributed by atoms with Gasteiger partial charge in [-0.1, -0.05) is 255 Å². The number of hydrogen-bond donors (Lipinski definition) is 3. The highest BCUT2D eigenvalue weighted by atomic mass is 19.4. The van der Waals surface area contributed by atoms with E-state index in [0.29, 0.717) is 93.9 Å². The number of hydrogen-bond acceptors (Lipinski definition) is 9. The monoisotopic (exact) mass is 1720 g/mol. The lowest BCUT2D eigenvalue weighted by Gasteiger charge is -2.24. The van der Waals surface area contributed by atoms with Crippen molar-refractivity contribution in [3.05, 3.63) is 392 Å². The first-order chi connectivity index (χ1) is 60.5. The standard InChI is InChI=1S/C103H82F9N3O12/c1-60-27-36-69-15-6-9-24-83(69)89(60)94(116)113(57-80-45-46-88(125-80)101(104,105)106)54-63-30-39-66(40-31-63)72-18-12-21-75(47-72)86(97(119)120)52-77-50-81(126-92(77)102(107,108)109)58-114(95(117)90-61(2)28-37-70-16-7-10-25-84(70)90)55-64-32-41-67(42-33-64)73-19-13-22-76(48-73)87(98(121)122)53-78-51-82(127-93(78)103(110,111)112)59-115(96(118)91-62(3)29-38-71-17-8-11-26-85(71)91)56-65-34-43-68(44-35-65)74-20-14-23-79(49-74)100(4,5)99(123)124/h6-51,86-87H,52-59H2,1-5H3,(H,119,120)(H,121,122)(H,123,124)/t86-,87+/m0/s1. The fourth-order valence-electron chi connectivity index (χ4n) is 16.4. The lowest BCUT2D eigenvalue weighted by molar-refractivity contribution is -0.155. The average Bonchev–Trinajstić information content (AvgIpc) is 1.77. The van der Waals surface area contributed by atoms with Crippen molar-refractivity contribution >= 4 is 67.9 Å². The summed E-state index contributed by atoms with van der Waals surface area (Å²) in [5.41, 5.74) is 6.27. The molecule has 0 radical (unpaired) electrons. The molecular weight excluding hydrogens is 1640 g/mol. The Morgan fingerprint density at radius 3 is 1.00 bits per heavy atom. The lowest BCUT2D eigenvalue weighted by Crippen LogP contribution is -2.30. The Morgan fingerprint density at radius 2 is 0.669 bits per heavy atom. The van der Waals surface area contributed by atoms with E-state index in [4.69, 9.17) is 13.3 Å². The Kier molecular flexibility index (Phi) is 24.5. The number of benzene rings is 12. The highest BCUT2D eigenvalue weighted by molar-refractivity contribution is 6.10. The SMILES string of the molecule is Cc1ccc2ccccc2c1C(=O)N(Cc1ccc(-c2cccc([C@H](Cc3cc(CN(Cc4ccc(-c5cccc([C@@H](Cc6cc(CN(Cc7ccc(-c8cccc(C(C)(C)C(=O)O)c8)cc7)C(=O)c7c(C)ccc8ccccc78)oc6C(F)(F)F)C(=O)O)c5)cc4)C(=O)c4c(C)ccc5ccccc45)oc3C(F)(F)F)C(=O)O)c2)cc1)Cc1ccc(C(F)(F)F)o1. The minimum atomic E-state index is -5.17. The molecular formula is C103H82F9N3O12. The van der Waals surface area contributed by atoms with Crippen molar-refractivity contribution in [3.63, 3.8) is 0 Å². The zero-order valence-electron chi connectivity index (χ0n) is 69.1. The summed E-state index contributed by atoms with van der Waals surface area (Å²) < 4.78 is 150. The molecule has 127 heavy (non-hydrogen) atoms. The second kappa shape index (κ2) is 35.6. The van der Waals surface area contributed by atoms with Crippen molar-refractivity contribution in [2.75, 3.05) is 0 Å². The van der Waals surface area contributed by atoms with Gasteiger partial charge in [0.05, 0.1) is 53.6 Å². The Labute approximate surface area is 723 Å². The van der Waals surface area contributed by atoms with Crippen LogP contribution < -0.4 is 0 Å². The molecule has 644 valence electrons. The summed E-state index contributed by atoms with van der Waals surface area (Å²) in [7, 11) is 0. The second-order valence-corrected chi connectivity index (χ2v) is 32.4. The van der Waals surface area contributed by atoms with Crippen LogP contribution in [0.1, 0.15) is 153 Å². The van der Waals surface area contributed by atoms with Crippen LogP contribution in [0.2, 0.25) is 0 Å². The molecule has 15 rings (SSSR count). The van der Waals surface area contributed by atoms with Crippen molar-refractivity contribution in [3.8, 4) is 33.4 Å². The van der Waals surface area contributed by atoms with Gasteiger partial charge in [0, 0.05) is 30.8 Å². The van der Waals surface area contributed by atoms with Crippen molar-refractivity contribution < 1.29 is 96.9 Å². The highest BCUT2D eigenvalue weighted by Crippen LogP contribution is 2.43. The molecule has 0 aliphatic rings. The first-order valence-corrected chi connectivity index (χ1v) is 40.6. The molecule has 0 spiro atoms. The van der Waals surface area contributed by atoms with Gasteiger partial charge in [-0.2, -0.15) is 39.5 Å². The van der Waals surface area contributed by atoms with Crippen LogP contribution in [0.4, 0.5) is 39.5 Å². The molecule has 3 aromatic heterocycles. The number of fused-ring (bicyclic) bond motifs is 3. The maximum atomic E-state index is 15.5. The van der Waals surface area contributed by atoms with Crippen molar-refractivity contribution in [2.45, 2.75) is 123 Å². The minimum absolute atomic E-state index is 0.0928. The molecule has 0 unspecified atom stereocenters. The predicted molar refractivity (Wildman–Crippen MR) is 462 cm³/mol. The molecule has 15 nitrogen and oxygen atoms in total. The maximum absolute atomic E-state index is 15.5. The number of amides is 3. The molecule has 2 atom stereocenters.